The minimum Gasteiger partial charge on any atom is -0.339 e. The topological polar surface area (TPSA) is 82.5 Å². The molecule has 3 rings (SSSR count). The Balaban J connectivity index is 1.79. The van der Waals surface area contributed by atoms with Crippen molar-refractivity contribution in [2.75, 3.05) is 0 Å². The fourth-order valence-electron chi connectivity index (χ4n) is 1.80. The molecule has 8 heteroatoms. The molecule has 0 spiro atoms. The Morgan fingerprint density at radius 3 is 2.77 bits per heavy atom. The van der Waals surface area contributed by atoms with Crippen molar-refractivity contribution in [1.29, 1.82) is 0 Å². The van der Waals surface area contributed by atoms with Gasteiger partial charge in [0.25, 0.3) is 0 Å². The van der Waals surface area contributed by atoms with Gasteiger partial charge >= 0.3 is 0 Å². The molecule has 3 aromatic rings. The van der Waals surface area contributed by atoms with Gasteiger partial charge in [0.05, 0.1) is 0 Å². The summed E-state index contributed by atoms with van der Waals surface area (Å²) in [6, 6.07) is 7.30. The van der Waals surface area contributed by atoms with Gasteiger partial charge in [0.15, 0.2) is 5.82 Å². The van der Waals surface area contributed by atoms with Crippen molar-refractivity contribution in [2.45, 2.75) is 32.7 Å². The molecule has 0 N–H and O–H groups in total. The monoisotopic (exact) mass is 318 g/mol. The van der Waals surface area contributed by atoms with Crippen LogP contribution in [0.5, 0.6) is 0 Å². The molecule has 0 amide bonds. The Morgan fingerprint density at radius 2 is 2.09 bits per heavy atom. The van der Waals surface area contributed by atoms with Crippen LogP contribution in [0.2, 0.25) is 5.02 Å². The molecular weight excluding hydrogens is 304 g/mol. The average Bonchev–Trinajstić information content (AvgIpc) is 3.08. The molecule has 2 aromatic heterocycles. The number of benzene rings is 1. The molecule has 0 aliphatic heterocycles. The van der Waals surface area contributed by atoms with Crippen LogP contribution in [0, 0.1) is 0 Å². The Kier molecular flexibility index (Phi) is 3.66. The predicted molar refractivity (Wildman–Crippen MR) is 80.4 cm³/mol. The highest BCUT2D eigenvalue weighted by Crippen LogP contribution is 2.20. The fraction of sp³-hybridized carbons (Fsp3) is 0.357. The van der Waals surface area contributed by atoms with Crippen molar-refractivity contribution in [3.63, 3.8) is 0 Å². The quantitative estimate of drug-likeness (QED) is 0.738. The second kappa shape index (κ2) is 5.49. The molecule has 22 heavy (non-hydrogen) atoms. The zero-order valence-electron chi connectivity index (χ0n) is 12.5. The van der Waals surface area contributed by atoms with Crippen LogP contribution in [0.15, 0.2) is 28.8 Å². The van der Waals surface area contributed by atoms with Crippen LogP contribution in [0.25, 0.3) is 11.4 Å². The number of rotatable bonds is 3. The van der Waals surface area contributed by atoms with E-state index in [-0.39, 0.29) is 5.41 Å². The molecule has 114 valence electrons. The number of hydrogen-bond acceptors (Lipinski definition) is 6. The molecule has 0 saturated carbocycles. The molecule has 0 saturated heterocycles. The summed E-state index contributed by atoms with van der Waals surface area (Å²) in [6.07, 6.45) is 0. The van der Waals surface area contributed by atoms with E-state index in [2.05, 4.69) is 25.6 Å². The van der Waals surface area contributed by atoms with E-state index >= 15 is 0 Å². The van der Waals surface area contributed by atoms with Crippen molar-refractivity contribution < 1.29 is 4.52 Å². The Bertz CT molecular complexity index is 788. The van der Waals surface area contributed by atoms with E-state index in [1.54, 1.807) is 12.1 Å². The highest BCUT2D eigenvalue weighted by atomic mass is 35.5. The summed E-state index contributed by atoms with van der Waals surface area (Å²) in [5.41, 5.74) is 0.620. The fourth-order valence-corrected chi connectivity index (χ4v) is 1.99. The van der Waals surface area contributed by atoms with E-state index < -0.39 is 0 Å². The van der Waals surface area contributed by atoms with E-state index in [0.29, 0.717) is 29.1 Å². The van der Waals surface area contributed by atoms with Crippen LogP contribution < -0.4 is 0 Å². The van der Waals surface area contributed by atoms with E-state index in [4.69, 9.17) is 16.1 Å². The smallest absolute Gasteiger partial charge is 0.232 e. The highest BCUT2D eigenvalue weighted by molar-refractivity contribution is 6.30. The number of tetrazole rings is 1. The largest absolute Gasteiger partial charge is 0.339 e. The van der Waals surface area contributed by atoms with Gasteiger partial charge in [-0.15, -0.1) is 10.2 Å². The first-order valence-electron chi connectivity index (χ1n) is 6.78. The summed E-state index contributed by atoms with van der Waals surface area (Å²) in [6.45, 7) is 6.33. The number of aromatic nitrogens is 6. The molecule has 2 heterocycles. The third-order valence-corrected chi connectivity index (χ3v) is 3.16. The van der Waals surface area contributed by atoms with Crippen LogP contribution in [-0.4, -0.2) is 30.3 Å². The first kappa shape index (κ1) is 14.6. The zero-order chi connectivity index (χ0) is 15.7. The van der Waals surface area contributed by atoms with E-state index in [9.17, 15) is 0 Å². The summed E-state index contributed by atoms with van der Waals surface area (Å²) in [5.74, 6) is 1.60. The maximum atomic E-state index is 5.96. The first-order valence-corrected chi connectivity index (χ1v) is 7.16. The molecule has 1 aromatic carbocycles. The van der Waals surface area contributed by atoms with Gasteiger partial charge in [-0.3, -0.25) is 0 Å². The second-order valence-electron chi connectivity index (χ2n) is 5.92. The first-order chi connectivity index (χ1) is 10.4. The normalized spacial score (nSPS) is 11.8. The lowest BCUT2D eigenvalue weighted by atomic mass is 9.97. The summed E-state index contributed by atoms with van der Waals surface area (Å²) >= 11 is 5.96. The predicted octanol–water partition coefficient (Wildman–Crippen LogP) is 2.72. The van der Waals surface area contributed by atoms with Gasteiger partial charge in [-0.25, -0.2) is 0 Å². The van der Waals surface area contributed by atoms with Crippen LogP contribution in [0.1, 0.15) is 32.5 Å². The van der Waals surface area contributed by atoms with Crippen molar-refractivity contribution >= 4 is 11.6 Å². The van der Waals surface area contributed by atoms with Crippen LogP contribution >= 0.6 is 11.6 Å². The Labute approximate surface area is 132 Å². The van der Waals surface area contributed by atoms with Gasteiger partial charge in [0.2, 0.25) is 11.7 Å². The minimum absolute atomic E-state index is 0.188. The molecule has 0 radical (unpaired) electrons. The molecule has 0 fully saturated rings. The molecule has 0 aliphatic carbocycles. The van der Waals surface area contributed by atoms with Gasteiger partial charge in [-0.05, 0) is 17.3 Å². The average molecular weight is 319 g/mol. The Morgan fingerprint density at radius 1 is 1.27 bits per heavy atom. The van der Waals surface area contributed by atoms with Crippen LogP contribution in [0.3, 0.4) is 0 Å². The third-order valence-electron chi connectivity index (χ3n) is 2.93. The van der Waals surface area contributed by atoms with Crippen molar-refractivity contribution in [1.82, 2.24) is 30.3 Å². The molecule has 0 aliphatic rings. The second-order valence-corrected chi connectivity index (χ2v) is 6.36. The maximum Gasteiger partial charge on any atom is 0.232 e. The zero-order valence-corrected chi connectivity index (χ0v) is 13.2. The maximum absolute atomic E-state index is 5.96. The highest BCUT2D eigenvalue weighted by Gasteiger charge is 2.22. The van der Waals surface area contributed by atoms with Crippen LogP contribution in [-0.2, 0) is 12.0 Å². The summed E-state index contributed by atoms with van der Waals surface area (Å²) in [4.78, 5) is 5.77. The van der Waals surface area contributed by atoms with Gasteiger partial charge in [-0.2, -0.15) is 9.78 Å². The van der Waals surface area contributed by atoms with Crippen LogP contribution in [0.4, 0.5) is 0 Å². The lowest BCUT2D eigenvalue weighted by molar-refractivity contribution is 0.317. The van der Waals surface area contributed by atoms with Gasteiger partial charge in [0.1, 0.15) is 6.54 Å². The third kappa shape index (κ3) is 3.14. The number of hydrogen-bond donors (Lipinski definition) is 0. The van der Waals surface area contributed by atoms with Crippen molar-refractivity contribution in [3.8, 4) is 11.4 Å². The van der Waals surface area contributed by atoms with E-state index in [0.717, 1.165) is 5.56 Å². The van der Waals surface area contributed by atoms with E-state index in [1.165, 1.54) is 4.80 Å². The van der Waals surface area contributed by atoms with Crippen molar-refractivity contribution in [2.24, 2.45) is 0 Å². The lowest BCUT2D eigenvalue weighted by Gasteiger charge is -2.10. The summed E-state index contributed by atoms with van der Waals surface area (Å²) in [5, 5.41) is 16.9. The van der Waals surface area contributed by atoms with Crippen molar-refractivity contribution in [3.05, 3.63) is 41.0 Å². The minimum atomic E-state index is -0.188. The number of halogens is 1. The molecule has 7 nitrogen and oxygen atoms in total. The summed E-state index contributed by atoms with van der Waals surface area (Å²) < 4.78 is 5.24. The lowest BCUT2D eigenvalue weighted by Crippen LogP contribution is -2.12. The Hall–Kier alpha value is -2.28. The molecule has 0 bridgehead atoms. The standard InChI is InChI=1S/C14H15ClN6O/c1-14(2,3)13-16-11(19-22-13)8-21-18-12(17-20-21)9-5-4-6-10(15)7-9/h4-7H,8H2,1-3H3. The number of nitrogens with zero attached hydrogens (tertiary/aromatic N) is 6. The SMILES string of the molecule is CC(C)(C)c1nc(Cn2nnc(-c3cccc(Cl)c3)n2)no1. The summed E-state index contributed by atoms with van der Waals surface area (Å²) in [7, 11) is 0. The van der Waals surface area contributed by atoms with Gasteiger partial charge < -0.3 is 4.52 Å². The molecule has 0 atom stereocenters. The molecular formula is C14H15ClN6O. The van der Waals surface area contributed by atoms with Gasteiger partial charge in [0, 0.05) is 16.0 Å². The van der Waals surface area contributed by atoms with E-state index in [1.807, 2.05) is 32.9 Å². The molecule has 0 unspecified atom stereocenters. The van der Waals surface area contributed by atoms with Gasteiger partial charge in [-0.1, -0.05) is 49.7 Å².